The number of para-hydroxylation sites is 1. The van der Waals surface area contributed by atoms with Gasteiger partial charge in [-0.2, -0.15) is 5.10 Å². The van der Waals surface area contributed by atoms with Crippen molar-refractivity contribution in [3.63, 3.8) is 0 Å². The number of carbonyl (C=O) groups excluding carboxylic acids is 2. The molecule has 1 aromatic heterocycles. The number of ether oxygens (including phenoxy) is 2. The highest BCUT2D eigenvalue weighted by molar-refractivity contribution is 6.35. The second kappa shape index (κ2) is 9.02. The number of pyridine rings is 1. The van der Waals surface area contributed by atoms with Gasteiger partial charge in [0.1, 0.15) is 0 Å². The maximum Gasteiger partial charge on any atom is 0.329 e. The third kappa shape index (κ3) is 5.03. The molecule has 8 heteroatoms. The van der Waals surface area contributed by atoms with Crippen LogP contribution < -0.4 is 20.2 Å². The fourth-order valence-corrected chi connectivity index (χ4v) is 1.99. The Morgan fingerprint density at radius 3 is 2.68 bits per heavy atom. The van der Waals surface area contributed by atoms with Crippen molar-refractivity contribution < 1.29 is 19.1 Å². The Bertz CT molecular complexity index is 762. The molecule has 8 nitrogen and oxygen atoms in total. The average Bonchev–Trinajstić information content (AvgIpc) is 2.66. The van der Waals surface area contributed by atoms with Gasteiger partial charge >= 0.3 is 11.8 Å². The van der Waals surface area contributed by atoms with E-state index in [1.54, 1.807) is 42.7 Å². The highest BCUT2D eigenvalue weighted by Crippen LogP contribution is 2.29. The van der Waals surface area contributed by atoms with Crippen molar-refractivity contribution in [2.75, 3.05) is 14.2 Å². The lowest BCUT2D eigenvalue weighted by Gasteiger charge is -2.09. The van der Waals surface area contributed by atoms with Crippen LogP contribution in [0.5, 0.6) is 11.5 Å². The summed E-state index contributed by atoms with van der Waals surface area (Å²) in [6.07, 6.45) is 4.60. The molecule has 0 bridgehead atoms. The highest BCUT2D eigenvalue weighted by Gasteiger charge is 2.12. The van der Waals surface area contributed by atoms with Crippen LogP contribution in [0.25, 0.3) is 0 Å². The van der Waals surface area contributed by atoms with Gasteiger partial charge in [-0.3, -0.25) is 14.6 Å². The zero-order chi connectivity index (χ0) is 18.1. The zero-order valence-electron chi connectivity index (χ0n) is 13.9. The monoisotopic (exact) mass is 342 g/mol. The first-order valence-corrected chi connectivity index (χ1v) is 7.37. The molecule has 0 saturated carbocycles. The summed E-state index contributed by atoms with van der Waals surface area (Å²) in [5, 5.41) is 6.25. The smallest absolute Gasteiger partial charge is 0.329 e. The van der Waals surface area contributed by atoms with Crippen molar-refractivity contribution in [3.8, 4) is 11.5 Å². The van der Waals surface area contributed by atoms with E-state index < -0.39 is 11.8 Å². The van der Waals surface area contributed by atoms with Crippen molar-refractivity contribution in [3.05, 3.63) is 53.9 Å². The van der Waals surface area contributed by atoms with Crippen LogP contribution in [-0.2, 0) is 16.1 Å². The number of nitrogens with one attached hydrogen (secondary N) is 2. The zero-order valence-corrected chi connectivity index (χ0v) is 13.9. The van der Waals surface area contributed by atoms with Gasteiger partial charge in [0.05, 0.1) is 20.4 Å². The minimum Gasteiger partial charge on any atom is -0.493 e. The third-order valence-corrected chi connectivity index (χ3v) is 3.19. The number of carbonyl (C=O) groups is 2. The van der Waals surface area contributed by atoms with Gasteiger partial charge in [-0.25, -0.2) is 5.43 Å². The summed E-state index contributed by atoms with van der Waals surface area (Å²) in [4.78, 5) is 27.4. The molecule has 2 N–H and O–H groups in total. The van der Waals surface area contributed by atoms with Gasteiger partial charge in [0.15, 0.2) is 11.5 Å². The van der Waals surface area contributed by atoms with Crippen molar-refractivity contribution >= 4 is 18.0 Å². The van der Waals surface area contributed by atoms with Gasteiger partial charge < -0.3 is 14.8 Å². The maximum absolute atomic E-state index is 11.7. The molecule has 0 aliphatic carbocycles. The van der Waals surface area contributed by atoms with Crippen molar-refractivity contribution in [2.45, 2.75) is 6.54 Å². The fraction of sp³-hybridized carbons (Fsp3) is 0.176. The molecule has 0 unspecified atom stereocenters. The summed E-state index contributed by atoms with van der Waals surface area (Å²) in [5.74, 6) is -0.656. The van der Waals surface area contributed by atoms with Gasteiger partial charge in [-0.1, -0.05) is 12.1 Å². The molecular weight excluding hydrogens is 324 g/mol. The third-order valence-electron chi connectivity index (χ3n) is 3.19. The molecule has 2 aromatic rings. The number of benzene rings is 1. The maximum atomic E-state index is 11.7. The summed E-state index contributed by atoms with van der Waals surface area (Å²) in [6, 6.07) is 8.76. The van der Waals surface area contributed by atoms with Crippen LogP contribution >= 0.6 is 0 Å². The average molecular weight is 342 g/mol. The second-order valence-corrected chi connectivity index (χ2v) is 4.83. The molecule has 25 heavy (non-hydrogen) atoms. The van der Waals surface area contributed by atoms with Crippen molar-refractivity contribution in [1.29, 1.82) is 0 Å². The second-order valence-electron chi connectivity index (χ2n) is 4.83. The Hall–Kier alpha value is -3.42. The van der Waals surface area contributed by atoms with Gasteiger partial charge in [0, 0.05) is 24.5 Å². The fourth-order valence-electron chi connectivity index (χ4n) is 1.99. The van der Waals surface area contributed by atoms with E-state index in [1.807, 2.05) is 0 Å². The van der Waals surface area contributed by atoms with E-state index >= 15 is 0 Å². The first kappa shape index (κ1) is 17.9. The molecule has 1 heterocycles. The molecule has 0 aliphatic rings. The molecule has 0 radical (unpaired) electrons. The van der Waals surface area contributed by atoms with E-state index in [9.17, 15) is 9.59 Å². The summed E-state index contributed by atoms with van der Waals surface area (Å²) in [6.45, 7) is 0.202. The Balaban J connectivity index is 1.91. The van der Waals surface area contributed by atoms with Crippen LogP contribution in [-0.4, -0.2) is 37.2 Å². The number of rotatable bonds is 6. The number of methoxy groups -OCH3 is 2. The molecule has 0 saturated heterocycles. The first-order chi connectivity index (χ1) is 12.2. The van der Waals surface area contributed by atoms with E-state index in [2.05, 4.69) is 20.8 Å². The van der Waals surface area contributed by atoms with E-state index in [-0.39, 0.29) is 6.54 Å². The van der Waals surface area contributed by atoms with Crippen LogP contribution in [0, 0.1) is 0 Å². The Morgan fingerprint density at radius 2 is 2.00 bits per heavy atom. The molecule has 0 spiro atoms. The van der Waals surface area contributed by atoms with Gasteiger partial charge in [-0.15, -0.1) is 0 Å². The highest BCUT2D eigenvalue weighted by atomic mass is 16.5. The van der Waals surface area contributed by atoms with Gasteiger partial charge in [0.2, 0.25) is 0 Å². The molecule has 0 fully saturated rings. The van der Waals surface area contributed by atoms with E-state index in [0.717, 1.165) is 5.56 Å². The number of aromatic nitrogens is 1. The normalized spacial score (nSPS) is 10.3. The van der Waals surface area contributed by atoms with Gasteiger partial charge in [-0.05, 0) is 23.8 Å². The van der Waals surface area contributed by atoms with Gasteiger partial charge in [0.25, 0.3) is 0 Å². The minimum absolute atomic E-state index is 0.202. The predicted octanol–water partition coefficient (Wildman–Crippen LogP) is 0.865. The topological polar surface area (TPSA) is 102 Å². The minimum atomic E-state index is -0.873. The number of hydrogen-bond donors (Lipinski definition) is 2. The molecule has 2 rings (SSSR count). The number of amides is 2. The van der Waals surface area contributed by atoms with Crippen molar-refractivity contribution in [1.82, 2.24) is 15.7 Å². The number of hydrazone groups is 1. The first-order valence-electron chi connectivity index (χ1n) is 7.37. The molecule has 2 amide bonds. The van der Waals surface area contributed by atoms with E-state index in [0.29, 0.717) is 17.1 Å². The molecule has 0 aliphatic heterocycles. The summed E-state index contributed by atoms with van der Waals surface area (Å²) >= 11 is 0. The van der Waals surface area contributed by atoms with Crippen LogP contribution in [0.3, 0.4) is 0 Å². The van der Waals surface area contributed by atoms with Crippen LogP contribution in [0.2, 0.25) is 0 Å². The van der Waals surface area contributed by atoms with Crippen molar-refractivity contribution in [2.24, 2.45) is 5.10 Å². The Morgan fingerprint density at radius 1 is 1.16 bits per heavy atom. The molecular formula is C17H18N4O4. The SMILES string of the molecule is COc1cccc(C=NNC(=O)C(=O)NCc2cccnc2)c1OC. The lowest BCUT2D eigenvalue weighted by atomic mass is 10.2. The van der Waals surface area contributed by atoms with E-state index in [4.69, 9.17) is 9.47 Å². The summed E-state index contributed by atoms with van der Waals surface area (Å²) in [7, 11) is 3.02. The summed E-state index contributed by atoms with van der Waals surface area (Å²) < 4.78 is 10.4. The van der Waals surface area contributed by atoms with Crippen LogP contribution in [0.15, 0.2) is 47.8 Å². The lowest BCUT2D eigenvalue weighted by Crippen LogP contribution is -2.37. The lowest BCUT2D eigenvalue weighted by molar-refractivity contribution is -0.139. The Labute approximate surface area is 144 Å². The predicted molar refractivity (Wildman–Crippen MR) is 91.4 cm³/mol. The van der Waals surface area contributed by atoms with Crippen LogP contribution in [0.4, 0.5) is 0 Å². The Kier molecular flexibility index (Phi) is 6.47. The number of hydrogen-bond acceptors (Lipinski definition) is 6. The van der Waals surface area contributed by atoms with Crippen LogP contribution in [0.1, 0.15) is 11.1 Å². The molecule has 130 valence electrons. The summed E-state index contributed by atoms with van der Waals surface area (Å²) in [5.41, 5.74) is 3.54. The molecule has 1 aromatic carbocycles. The molecule has 0 atom stereocenters. The van der Waals surface area contributed by atoms with E-state index in [1.165, 1.54) is 20.4 Å². The standard InChI is InChI=1S/C17H18N4O4/c1-24-14-7-3-6-13(15(14)25-2)11-20-21-17(23)16(22)19-10-12-5-4-8-18-9-12/h3-9,11H,10H2,1-2H3,(H,19,22)(H,21,23). The number of nitrogens with zero attached hydrogens (tertiary/aromatic N) is 2. The largest absolute Gasteiger partial charge is 0.493 e. The quantitative estimate of drug-likeness (QED) is 0.461.